The molecule has 0 spiro atoms. The lowest BCUT2D eigenvalue weighted by Crippen LogP contribution is -2.19. The van der Waals surface area contributed by atoms with Crippen LogP contribution in [0.15, 0.2) is 109 Å². The van der Waals surface area contributed by atoms with E-state index in [0.29, 0.717) is 13.2 Å². The summed E-state index contributed by atoms with van der Waals surface area (Å²) in [7, 11) is 0. The van der Waals surface area contributed by atoms with Crippen LogP contribution in [0.4, 0.5) is 0 Å². The van der Waals surface area contributed by atoms with Crippen LogP contribution in [0.25, 0.3) is 0 Å². The molecule has 0 heterocycles. The van der Waals surface area contributed by atoms with Crippen molar-refractivity contribution < 1.29 is 14.6 Å². The molecule has 0 aliphatic carbocycles. The largest absolute Gasteiger partial charge is 0.489 e. The average molecular weight is 564 g/mol. The highest BCUT2D eigenvalue weighted by Gasteiger charge is 2.21. The summed E-state index contributed by atoms with van der Waals surface area (Å²) in [5.41, 5.74) is 4.56. The quantitative estimate of drug-likeness (QED) is 0.158. The molecule has 4 aromatic rings. The first-order valence-corrected chi connectivity index (χ1v) is 12.7. The molecule has 4 aromatic carbocycles. The molecule has 34 heavy (non-hydrogen) atoms. The predicted octanol–water partition coefficient (Wildman–Crippen LogP) is 6.97. The van der Waals surface area contributed by atoms with Crippen LogP contribution in [0.1, 0.15) is 28.2 Å². The third-order valence-electron chi connectivity index (χ3n) is 5.75. The number of benzene rings is 4. The molecule has 0 aliphatic heterocycles. The lowest BCUT2D eigenvalue weighted by Gasteiger charge is -2.22. The first kappa shape index (κ1) is 24.3. The predicted molar refractivity (Wildman–Crippen MR) is 146 cm³/mol. The summed E-state index contributed by atoms with van der Waals surface area (Å²) in [5, 5.41) is 10.2. The van der Waals surface area contributed by atoms with Crippen LogP contribution >= 0.6 is 22.6 Å². The van der Waals surface area contributed by atoms with Gasteiger partial charge in [0.15, 0.2) is 0 Å². The maximum absolute atomic E-state index is 10.2. The van der Waals surface area contributed by atoms with Crippen LogP contribution in [0, 0.1) is 0 Å². The van der Waals surface area contributed by atoms with Gasteiger partial charge in [0.1, 0.15) is 24.7 Å². The molecule has 0 aliphatic rings. The van der Waals surface area contributed by atoms with Gasteiger partial charge in [-0.25, -0.2) is 0 Å². The first-order valence-electron chi connectivity index (χ1n) is 11.5. The monoisotopic (exact) mass is 564 g/mol. The molecule has 0 aromatic heterocycles. The first-order chi connectivity index (χ1) is 16.7. The van der Waals surface area contributed by atoms with Crippen LogP contribution in [0.2, 0.25) is 0 Å². The van der Waals surface area contributed by atoms with E-state index >= 15 is 0 Å². The minimum absolute atomic E-state index is 0.00904. The smallest absolute Gasteiger partial charge is 0.120 e. The van der Waals surface area contributed by atoms with E-state index in [9.17, 15) is 5.11 Å². The second-order valence-electron chi connectivity index (χ2n) is 8.28. The van der Waals surface area contributed by atoms with Crippen molar-refractivity contribution in [1.82, 2.24) is 0 Å². The van der Waals surface area contributed by atoms with Crippen molar-refractivity contribution in [2.45, 2.75) is 29.5 Å². The van der Waals surface area contributed by atoms with Crippen molar-refractivity contribution in [3.05, 3.63) is 131 Å². The molecule has 0 fully saturated rings. The van der Waals surface area contributed by atoms with E-state index in [1.54, 1.807) is 0 Å². The van der Waals surface area contributed by atoms with Crippen LogP contribution in [-0.2, 0) is 19.6 Å². The van der Waals surface area contributed by atoms with Crippen molar-refractivity contribution >= 4 is 22.6 Å². The van der Waals surface area contributed by atoms with Crippen molar-refractivity contribution in [3.63, 3.8) is 0 Å². The van der Waals surface area contributed by atoms with Gasteiger partial charge in [0.25, 0.3) is 0 Å². The van der Waals surface area contributed by atoms with Crippen molar-refractivity contribution in [1.29, 1.82) is 0 Å². The van der Waals surface area contributed by atoms with E-state index in [1.807, 2.05) is 60.7 Å². The minimum Gasteiger partial charge on any atom is -0.489 e. The fourth-order valence-electron chi connectivity index (χ4n) is 3.88. The van der Waals surface area contributed by atoms with E-state index < -0.39 is 0 Å². The van der Waals surface area contributed by atoms with Gasteiger partial charge >= 0.3 is 0 Å². The molecular formula is C30H29IO3. The Hall–Kier alpha value is -2.83. The summed E-state index contributed by atoms with van der Waals surface area (Å²) in [6.45, 7) is 1.16. The Labute approximate surface area is 215 Å². The van der Waals surface area contributed by atoms with Gasteiger partial charge in [-0.15, -0.1) is 0 Å². The van der Waals surface area contributed by atoms with E-state index in [2.05, 4.69) is 71.1 Å². The zero-order valence-electron chi connectivity index (χ0n) is 19.0. The normalized spacial score (nSPS) is 12.6. The van der Waals surface area contributed by atoms with Crippen molar-refractivity contribution in [2.24, 2.45) is 0 Å². The second kappa shape index (κ2) is 12.6. The zero-order chi connectivity index (χ0) is 23.6. The van der Waals surface area contributed by atoms with E-state index in [1.165, 1.54) is 5.56 Å². The molecule has 1 N–H and O–H groups in total. The highest BCUT2D eigenvalue weighted by molar-refractivity contribution is 14.1. The summed E-state index contributed by atoms with van der Waals surface area (Å²) >= 11 is 2.45. The number of halogens is 1. The molecule has 2 atom stereocenters. The SMILES string of the molecule is OCC(c1cccc(OCc2ccccc2)c1)C(I)Cc1cccc(OCc2ccccc2)c1. The molecule has 0 bridgehead atoms. The second-order valence-corrected chi connectivity index (χ2v) is 9.88. The summed E-state index contributed by atoms with van der Waals surface area (Å²) < 4.78 is 12.2. The molecule has 4 heteroatoms. The van der Waals surface area contributed by atoms with Crippen LogP contribution < -0.4 is 9.47 Å². The Morgan fingerprint density at radius 1 is 0.618 bits per heavy atom. The van der Waals surface area contributed by atoms with Gasteiger partial charge in [-0.3, -0.25) is 0 Å². The molecule has 0 saturated heterocycles. The van der Waals surface area contributed by atoms with Gasteiger partial charge in [0, 0.05) is 9.84 Å². The van der Waals surface area contributed by atoms with Gasteiger partial charge in [-0.1, -0.05) is 108 Å². The number of hydrogen-bond donors (Lipinski definition) is 1. The Kier molecular flexibility index (Phi) is 8.99. The lowest BCUT2D eigenvalue weighted by molar-refractivity contribution is 0.263. The highest BCUT2D eigenvalue weighted by Crippen LogP contribution is 2.31. The number of alkyl halides is 1. The van der Waals surface area contributed by atoms with Crippen LogP contribution in [0.3, 0.4) is 0 Å². The van der Waals surface area contributed by atoms with Crippen LogP contribution in [-0.4, -0.2) is 15.6 Å². The average Bonchev–Trinajstić information content (AvgIpc) is 2.88. The molecule has 2 unspecified atom stereocenters. The third-order valence-corrected chi connectivity index (χ3v) is 7.05. The Balaban J connectivity index is 1.38. The molecule has 174 valence electrons. The Morgan fingerprint density at radius 3 is 1.74 bits per heavy atom. The Bertz CT molecular complexity index is 1150. The summed E-state index contributed by atoms with van der Waals surface area (Å²) in [4.78, 5) is 0. The fraction of sp³-hybridized carbons (Fsp3) is 0.200. The van der Waals surface area contributed by atoms with Crippen molar-refractivity contribution in [3.8, 4) is 11.5 Å². The number of ether oxygens (including phenoxy) is 2. The van der Waals surface area contributed by atoms with Gasteiger partial charge in [0.05, 0.1) is 6.61 Å². The maximum Gasteiger partial charge on any atom is 0.120 e. The molecule has 0 amide bonds. The molecule has 0 saturated carbocycles. The van der Waals surface area contributed by atoms with Crippen LogP contribution in [0.5, 0.6) is 11.5 Å². The van der Waals surface area contributed by atoms with E-state index in [0.717, 1.165) is 34.6 Å². The third kappa shape index (κ3) is 7.08. The van der Waals surface area contributed by atoms with Crippen molar-refractivity contribution in [2.75, 3.05) is 6.61 Å². The fourth-order valence-corrected chi connectivity index (χ4v) is 5.03. The van der Waals surface area contributed by atoms with Gasteiger partial charge in [-0.2, -0.15) is 0 Å². The standard InChI is InChI=1S/C30H29IO3/c31-30(18-25-13-7-15-27(17-25)33-21-23-9-3-1-4-10-23)29(20-32)26-14-8-16-28(19-26)34-22-24-11-5-2-6-12-24/h1-17,19,29-30,32H,18,20-22H2. The Morgan fingerprint density at radius 2 is 1.15 bits per heavy atom. The van der Waals surface area contributed by atoms with E-state index in [-0.39, 0.29) is 16.4 Å². The number of hydrogen-bond acceptors (Lipinski definition) is 3. The van der Waals surface area contributed by atoms with Gasteiger partial charge < -0.3 is 14.6 Å². The summed E-state index contributed by atoms with van der Waals surface area (Å²) in [6, 6.07) is 36.6. The zero-order valence-corrected chi connectivity index (χ0v) is 21.2. The lowest BCUT2D eigenvalue weighted by atomic mass is 9.92. The number of aliphatic hydroxyl groups excluding tert-OH is 1. The summed E-state index contributed by atoms with van der Waals surface area (Å²) in [5.74, 6) is 1.69. The molecule has 3 nitrogen and oxygen atoms in total. The summed E-state index contributed by atoms with van der Waals surface area (Å²) in [6.07, 6.45) is 0.837. The molecule has 0 radical (unpaired) electrons. The maximum atomic E-state index is 10.2. The van der Waals surface area contributed by atoms with Gasteiger partial charge in [-0.05, 0) is 52.9 Å². The topological polar surface area (TPSA) is 38.7 Å². The van der Waals surface area contributed by atoms with Gasteiger partial charge in [0.2, 0.25) is 0 Å². The van der Waals surface area contributed by atoms with E-state index in [4.69, 9.17) is 9.47 Å². The molecular weight excluding hydrogens is 535 g/mol. The minimum atomic E-state index is 0.00904. The number of rotatable bonds is 11. The number of aliphatic hydroxyl groups is 1. The molecule has 4 rings (SSSR count). The highest BCUT2D eigenvalue weighted by atomic mass is 127.